The quantitative estimate of drug-likeness (QED) is 0.869. The molecule has 2 heterocycles. The summed E-state index contributed by atoms with van der Waals surface area (Å²) in [5, 5.41) is 4.25. The number of aromatic nitrogens is 2. The van der Waals surface area contributed by atoms with Gasteiger partial charge in [-0.05, 0) is 37.9 Å². The monoisotopic (exact) mass is 261 g/mol. The van der Waals surface area contributed by atoms with E-state index in [9.17, 15) is 0 Å². The highest BCUT2D eigenvalue weighted by atomic mass is 35.5. The van der Waals surface area contributed by atoms with E-state index in [4.69, 9.17) is 11.6 Å². The first-order chi connectivity index (χ1) is 8.75. The van der Waals surface area contributed by atoms with Gasteiger partial charge >= 0.3 is 0 Å². The maximum atomic E-state index is 6.14. The Kier molecular flexibility index (Phi) is 3.10. The third kappa shape index (κ3) is 2.04. The van der Waals surface area contributed by atoms with Gasteiger partial charge in [0.15, 0.2) is 0 Å². The van der Waals surface area contributed by atoms with Gasteiger partial charge in [0.05, 0.1) is 11.9 Å². The number of nitrogens with zero attached hydrogens (tertiary/aromatic N) is 1. The average Bonchev–Trinajstić information content (AvgIpc) is 3.01. The van der Waals surface area contributed by atoms with Crippen molar-refractivity contribution in [3.8, 4) is 11.4 Å². The zero-order valence-corrected chi connectivity index (χ0v) is 11.1. The number of imidazole rings is 1. The molecule has 1 aliphatic heterocycles. The second-order valence-corrected chi connectivity index (χ2v) is 5.16. The molecule has 0 bridgehead atoms. The summed E-state index contributed by atoms with van der Waals surface area (Å²) in [7, 11) is 0. The van der Waals surface area contributed by atoms with Gasteiger partial charge in [0.25, 0.3) is 0 Å². The van der Waals surface area contributed by atoms with E-state index in [2.05, 4.69) is 15.3 Å². The van der Waals surface area contributed by atoms with Crippen molar-refractivity contribution in [3.05, 3.63) is 40.7 Å². The highest BCUT2D eigenvalue weighted by molar-refractivity contribution is 6.31. The van der Waals surface area contributed by atoms with Gasteiger partial charge in [-0.25, -0.2) is 4.98 Å². The van der Waals surface area contributed by atoms with Gasteiger partial charge in [-0.3, -0.25) is 0 Å². The van der Waals surface area contributed by atoms with E-state index in [1.165, 1.54) is 18.5 Å². The number of hydrogen-bond acceptors (Lipinski definition) is 2. The van der Waals surface area contributed by atoms with Crippen LogP contribution in [0.4, 0.5) is 0 Å². The molecule has 1 saturated heterocycles. The van der Waals surface area contributed by atoms with Crippen molar-refractivity contribution in [2.75, 3.05) is 6.54 Å². The standard InChI is InChI=1S/C14H16ClN3/c1-9-10(4-2-5-11(9)15)14-17-8-13(18-14)12-6-3-7-16-12/h2,4-5,8,12,16H,3,6-7H2,1H3,(H,17,18)/t12-/m0/s1. The molecule has 2 N–H and O–H groups in total. The fourth-order valence-electron chi connectivity index (χ4n) is 2.46. The Labute approximate surface area is 112 Å². The summed E-state index contributed by atoms with van der Waals surface area (Å²) < 4.78 is 0. The van der Waals surface area contributed by atoms with Gasteiger partial charge in [0.2, 0.25) is 0 Å². The number of nitrogens with one attached hydrogen (secondary N) is 2. The van der Waals surface area contributed by atoms with Crippen molar-refractivity contribution >= 4 is 11.6 Å². The lowest BCUT2D eigenvalue weighted by atomic mass is 10.1. The first-order valence-corrected chi connectivity index (χ1v) is 6.67. The van der Waals surface area contributed by atoms with E-state index in [0.717, 1.165) is 28.5 Å². The summed E-state index contributed by atoms with van der Waals surface area (Å²) in [5.74, 6) is 0.902. The highest BCUT2D eigenvalue weighted by Gasteiger charge is 2.18. The van der Waals surface area contributed by atoms with Crippen molar-refractivity contribution in [2.45, 2.75) is 25.8 Å². The van der Waals surface area contributed by atoms with E-state index in [1.807, 2.05) is 31.3 Å². The van der Waals surface area contributed by atoms with Gasteiger partial charge < -0.3 is 10.3 Å². The predicted molar refractivity (Wildman–Crippen MR) is 73.7 cm³/mol. The largest absolute Gasteiger partial charge is 0.341 e. The van der Waals surface area contributed by atoms with Crippen LogP contribution < -0.4 is 5.32 Å². The fraction of sp³-hybridized carbons (Fsp3) is 0.357. The first kappa shape index (κ1) is 11.8. The molecule has 3 rings (SSSR count). The molecular weight excluding hydrogens is 246 g/mol. The molecule has 0 unspecified atom stereocenters. The smallest absolute Gasteiger partial charge is 0.137 e. The van der Waals surface area contributed by atoms with Gasteiger partial charge in [-0.2, -0.15) is 0 Å². The number of hydrogen-bond donors (Lipinski definition) is 2. The van der Waals surface area contributed by atoms with E-state index >= 15 is 0 Å². The zero-order chi connectivity index (χ0) is 12.5. The molecule has 0 spiro atoms. The first-order valence-electron chi connectivity index (χ1n) is 6.29. The van der Waals surface area contributed by atoms with E-state index in [0.29, 0.717) is 6.04 Å². The predicted octanol–water partition coefficient (Wildman–Crippen LogP) is 3.46. The Hall–Kier alpha value is -1.32. The number of halogens is 1. The number of aromatic amines is 1. The highest BCUT2D eigenvalue weighted by Crippen LogP contribution is 2.28. The van der Waals surface area contributed by atoms with Crippen LogP contribution in [0.3, 0.4) is 0 Å². The molecule has 0 saturated carbocycles. The maximum absolute atomic E-state index is 6.14. The minimum atomic E-state index is 0.422. The molecule has 18 heavy (non-hydrogen) atoms. The third-order valence-electron chi connectivity index (χ3n) is 3.55. The van der Waals surface area contributed by atoms with Crippen LogP contribution >= 0.6 is 11.6 Å². The normalized spacial score (nSPS) is 19.3. The topological polar surface area (TPSA) is 40.7 Å². The van der Waals surface area contributed by atoms with E-state index in [1.54, 1.807) is 0 Å². The van der Waals surface area contributed by atoms with Crippen LogP contribution in [0, 0.1) is 6.92 Å². The van der Waals surface area contributed by atoms with Crippen LogP contribution in [0.1, 0.15) is 30.1 Å². The number of H-pyrrole nitrogens is 1. The Bertz CT molecular complexity index is 556. The van der Waals surface area contributed by atoms with Crippen molar-refractivity contribution in [1.82, 2.24) is 15.3 Å². The van der Waals surface area contributed by atoms with Crippen molar-refractivity contribution in [3.63, 3.8) is 0 Å². The van der Waals surface area contributed by atoms with Crippen molar-refractivity contribution in [2.24, 2.45) is 0 Å². The lowest BCUT2D eigenvalue weighted by molar-refractivity contribution is 0.632. The fourth-order valence-corrected chi connectivity index (χ4v) is 2.64. The van der Waals surface area contributed by atoms with E-state index in [-0.39, 0.29) is 0 Å². The molecule has 94 valence electrons. The molecule has 0 aliphatic carbocycles. The van der Waals surface area contributed by atoms with Crippen LogP contribution in [0.25, 0.3) is 11.4 Å². The molecule has 1 aliphatic rings. The van der Waals surface area contributed by atoms with Crippen LogP contribution in [0.5, 0.6) is 0 Å². The molecule has 3 nitrogen and oxygen atoms in total. The molecule has 1 atom stereocenters. The minimum Gasteiger partial charge on any atom is -0.341 e. The van der Waals surface area contributed by atoms with Gasteiger partial charge in [0, 0.05) is 16.6 Å². The lowest BCUT2D eigenvalue weighted by Crippen LogP contribution is -2.12. The van der Waals surface area contributed by atoms with Crippen LogP contribution in [0.2, 0.25) is 5.02 Å². The Morgan fingerprint density at radius 1 is 1.39 bits per heavy atom. The van der Waals surface area contributed by atoms with Crippen LogP contribution in [0.15, 0.2) is 24.4 Å². The second kappa shape index (κ2) is 4.75. The van der Waals surface area contributed by atoms with Crippen molar-refractivity contribution < 1.29 is 0 Å². The average molecular weight is 262 g/mol. The second-order valence-electron chi connectivity index (χ2n) is 4.75. The summed E-state index contributed by atoms with van der Waals surface area (Å²) in [4.78, 5) is 7.89. The molecule has 0 amide bonds. The van der Waals surface area contributed by atoms with E-state index < -0.39 is 0 Å². The van der Waals surface area contributed by atoms with Crippen LogP contribution in [-0.4, -0.2) is 16.5 Å². The molecular formula is C14H16ClN3. The summed E-state index contributed by atoms with van der Waals surface area (Å²) in [6.45, 7) is 3.11. The summed E-state index contributed by atoms with van der Waals surface area (Å²) >= 11 is 6.14. The Morgan fingerprint density at radius 3 is 3.06 bits per heavy atom. The molecule has 4 heteroatoms. The van der Waals surface area contributed by atoms with Gasteiger partial charge in [-0.15, -0.1) is 0 Å². The van der Waals surface area contributed by atoms with Gasteiger partial charge in [0.1, 0.15) is 5.82 Å². The zero-order valence-electron chi connectivity index (χ0n) is 10.3. The number of benzene rings is 1. The molecule has 2 aromatic rings. The molecule has 1 aromatic carbocycles. The Morgan fingerprint density at radius 2 is 2.28 bits per heavy atom. The molecule has 1 aromatic heterocycles. The lowest BCUT2D eigenvalue weighted by Gasteiger charge is -2.07. The maximum Gasteiger partial charge on any atom is 0.137 e. The molecule has 0 radical (unpaired) electrons. The third-order valence-corrected chi connectivity index (χ3v) is 3.96. The summed E-state index contributed by atoms with van der Waals surface area (Å²) in [6, 6.07) is 6.33. The molecule has 1 fully saturated rings. The Balaban J connectivity index is 1.95. The van der Waals surface area contributed by atoms with Crippen molar-refractivity contribution in [1.29, 1.82) is 0 Å². The summed E-state index contributed by atoms with van der Waals surface area (Å²) in [6.07, 6.45) is 4.34. The summed E-state index contributed by atoms with van der Waals surface area (Å²) in [5.41, 5.74) is 3.31. The SMILES string of the molecule is Cc1c(Cl)cccc1-c1ncc([C@@H]2CCCN2)[nH]1. The number of rotatable bonds is 2. The van der Waals surface area contributed by atoms with Crippen LogP contribution in [-0.2, 0) is 0 Å². The van der Waals surface area contributed by atoms with Gasteiger partial charge in [-0.1, -0.05) is 23.7 Å². The minimum absolute atomic E-state index is 0.422.